The monoisotopic (exact) mass is 512 g/mol. The van der Waals surface area contributed by atoms with Gasteiger partial charge in [-0.05, 0) is 60.0 Å². The third-order valence-electron chi connectivity index (χ3n) is 5.57. The first kappa shape index (κ1) is 23.5. The van der Waals surface area contributed by atoms with Gasteiger partial charge in [0.25, 0.3) is 11.8 Å². The molecule has 5 rings (SSSR count). The van der Waals surface area contributed by atoms with E-state index in [1.54, 1.807) is 55.0 Å². The summed E-state index contributed by atoms with van der Waals surface area (Å²) in [4.78, 5) is 34.0. The van der Waals surface area contributed by atoms with Crippen molar-refractivity contribution in [3.8, 4) is 11.3 Å². The van der Waals surface area contributed by atoms with Crippen LogP contribution in [0.4, 0.5) is 11.4 Å². The van der Waals surface area contributed by atoms with Crippen LogP contribution in [0.5, 0.6) is 0 Å². The topological polar surface area (TPSA) is 84.0 Å². The number of carbonyl (C=O) groups is 2. The first-order chi connectivity index (χ1) is 17.5. The van der Waals surface area contributed by atoms with Gasteiger partial charge in [0.15, 0.2) is 0 Å². The van der Waals surface area contributed by atoms with Crippen molar-refractivity contribution in [1.82, 2.24) is 9.97 Å². The summed E-state index contributed by atoms with van der Waals surface area (Å²) in [5.41, 5.74) is 3.11. The lowest BCUT2D eigenvalue weighted by atomic mass is 10.0. The van der Waals surface area contributed by atoms with Crippen LogP contribution >= 0.6 is 23.2 Å². The fourth-order valence-electron chi connectivity index (χ4n) is 3.80. The lowest BCUT2D eigenvalue weighted by molar-refractivity contribution is 0.101. The number of amides is 2. The fraction of sp³-hybridized carbons (Fsp3) is 0. The minimum Gasteiger partial charge on any atom is -0.322 e. The number of pyridine rings is 2. The largest absolute Gasteiger partial charge is 0.322 e. The maximum atomic E-state index is 13.0. The molecule has 176 valence electrons. The van der Waals surface area contributed by atoms with E-state index in [9.17, 15) is 9.59 Å². The van der Waals surface area contributed by atoms with Crippen molar-refractivity contribution < 1.29 is 9.59 Å². The second-order valence-electron chi connectivity index (χ2n) is 7.91. The molecule has 2 aromatic heterocycles. The summed E-state index contributed by atoms with van der Waals surface area (Å²) in [5, 5.41) is 8.27. The minimum atomic E-state index is -0.416. The molecule has 0 aliphatic carbocycles. The van der Waals surface area contributed by atoms with Gasteiger partial charge in [0.1, 0.15) is 0 Å². The number of aromatic nitrogens is 2. The van der Waals surface area contributed by atoms with Crippen molar-refractivity contribution in [2.24, 2.45) is 0 Å². The average Bonchev–Trinajstić information content (AvgIpc) is 2.90. The van der Waals surface area contributed by atoms with Crippen molar-refractivity contribution in [2.75, 3.05) is 10.6 Å². The van der Waals surface area contributed by atoms with Crippen LogP contribution in [0.15, 0.2) is 97.5 Å². The van der Waals surface area contributed by atoms with Crippen LogP contribution in [-0.4, -0.2) is 21.8 Å². The van der Waals surface area contributed by atoms with E-state index in [4.69, 9.17) is 23.2 Å². The van der Waals surface area contributed by atoms with Crippen LogP contribution in [0.2, 0.25) is 10.0 Å². The van der Waals surface area contributed by atoms with Gasteiger partial charge in [-0.3, -0.25) is 19.6 Å². The summed E-state index contributed by atoms with van der Waals surface area (Å²) < 4.78 is 0. The van der Waals surface area contributed by atoms with Crippen molar-refractivity contribution in [1.29, 1.82) is 0 Å². The molecule has 2 heterocycles. The molecule has 0 atom stereocenters. The minimum absolute atomic E-state index is 0.153. The van der Waals surface area contributed by atoms with Gasteiger partial charge >= 0.3 is 0 Å². The van der Waals surface area contributed by atoms with Gasteiger partial charge in [0, 0.05) is 46.5 Å². The van der Waals surface area contributed by atoms with Crippen LogP contribution in [0.25, 0.3) is 22.0 Å². The molecule has 0 saturated heterocycles. The Morgan fingerprint density at radius 1 is 0.694 bits per heavy atom. The van der Waals surface area contributed by atoms with Gasteiger partial charge in [0.05, 0.1) is 21.3 Å². The Hall–Kier alpha value is -4.26. The summed E-state index contributed by atoms with van der Waals surface area (Å²) in [6.45, 7) is 0. The second-order valence-corrected chi connectivity index (χ2v) is 8.73. The van der Waals surface area contributed by atoms with E-state index >= 15 is 0 Å². The molecule has 0 bridgehead atoms. The zero-order chi connectivity index (χ0) is 25.1. The van der Waals surface area contributed by atoms with Gasteiger partial charge in [-0.15, -0.1) is 0 Å². The number of fused-ring (bicyclic) bond motifs is 1. The molecule has 2 amide bonds. The number of carbonyl (C=O) groups excluding carboxylic acids is 2. The van der Waals surface area contributed by atoms with Gasteiger partial charge in [-0.2, -0.15) is 0 Å². The molecule has 0 unspecified atom stereocenters. The lowest BCUT2D eigenvalue weighted by Gasteiger charge is -2.12. The van der Waals surface area contributed by atoms with E-state index in [0.29, 0.717) is 27.5 Å². The third-order valence-corrected chi connectivity index (χ3v) is 6.21. The van der Waals surface area contributed by atoms with Crippen molar-refractivity contribution in [2.45, 2.75) is 0 Å². The van der Waals surface area contributed by atoms with E-state index in [2.05, 4.69) is 20.6 Å². The Morgan fingerprint density at radius 2 is 1.47 bits per heavy atom. The van der Waals surface area contributed by atoms with E-state index in [-0.39, 0.29) is 16.5 Å². The standard InChI is InChI=1S/C28H18Cl2N4O2/c29-24-8-6-20(16-23(24)26-21-4-2-1-3-17(21)9-14-32-26)34-28(36)22-7-5-18(15-25(22)30)27(35)33-19-10-12-31-13-11-19/h1-16H,(H,34,36)(H,31,33,35). The maximum absolute atomic E-state index is 13.0. The van der Waals surface area contributed by atoms with Gasteiger partial charge < -0.3 is 10.6 Å². The van der Waals surface area contributed by atoms with Gasteiger partial charge in [0.2, 0.25) is 0 Å². The average molecular weight is 513 g/mol. The first-order valence-corrected chi connectivity index (χ1v) is 11.7. The number of hydrogen-bond acceptors (Lipinski definition) is 4. The Balaban J connectivity index is 1.38. The highest BCUT2D eigenvalue weighted by atomic mass is 35.5. The quantitative estimate of drug-likeness (QED) is 0.262. The Labute approximate surface area is 216 Å². The number of anilines is 2. The van der Waals surface area contributed by atoms with Crippen molar-refractivity contribution >= 4 is 57.2 Å². The Bertz CT molecular complexity index is 1600. The number of benzene rings is 3. The van der Waals surface area contributed by atoms with Gasteiger partial charge in [-0.1, -0.05) is 47.5 Å². The fourth-order valence-corrected chi connectivity index (χ4v) is 4.27. The highest BCUT2D eigenvalue weighted by Crippen LogP contribution is 2.34. The molecular weight excluding hydrogens is 495 g/mol. The highest BCUT2D eigenvalue weighted by Gasteiger charge is 2.16. The van der Waals surface area contributed by atoms with Crippen LogP contribution in [0, 0.1) is 0 Å². The number of nitrogens with one attached hydrogen (secondary N) is 2. The van der Waals surface area contributed by atoms with Crippen LogP contribution in [0.1, 0.15) is 20.7 Å². The van der Waals surface area contributed by atoms with Crippen molar-refractivity contribution in [3.05, 3.63) is 119 Å². The van der Waals surface area contributed by atoms with Gasteiger partial charge in [-0.25, -0.2) is 0 Å². The molecule has 5 aromatic rings. The molecule has 0 radical (unpaired) electrons. The predicted octanol–water partition coefficient (Wildman–Crippen LogP) is 7.11. The third kappa shape index (κ3) is 4.91. The molecule has 0 aliphatic heterocycles. The Kier molecular flexibility index (Phi) is 6.62. The highest BCUT2D eigenvalue weighted by molar-refractivity contribution is 6.35. The van der Waals surface area contributed by atoms with Crippen molar-refractivity contribution in [3.63, 3.8) is 0 Å². The first-order valence-electron chi connectivity index (χ1n) is 11.0. The molecule has 2 N–H and O–H groups in total. The summed E-state index contributed by atoms with van der Waals surface area (Å²) in [6, 6.07) is 22.9. The second kappa shape index (κ2) is 10.2. The summed E-state index contributed by atoms with van der Waals surface area (Å²) in [5.74, 6) is -0.764. The number of nitrogens with zero attached hydrogens (tertiary/aromatic N) is 2. The summed E-state index contributed by atoms with van der Waals surface area (Å²) in [7, 11) is 0. The molecule has 0 fully saturated rings. The molecule has 0 spiro atoms. The molecule has 6 nitrogen and oxygen atoms in total. The maximum Gasteiger partial charge on any atom is 0.257 e. The molecule has 0 saturated carbocycles. The normalized spacial score (nSPS) is 10.7. The van der Waals surface area contributed by atoms with E-state index in [1.807, 2.05) is 30.3 Å². The molecule has 36 heavy (non-hydrogen) atoms. The zero-order valence-corrected chi connectivity index (χ0v) is 20.2. The van der Waals surface area contributed by atoms with Crippen LogP contribution in [0.3, 0.4) is 0 Å². The number of rotatable bonds is 5. The Morgan fingerprint density at radius 3 is 2.28 bits per heavy atom. The van der Waals surface area contributed by atoms with Crippen LogP contribution in [-0.2, 0) is 0 Å². The summed E-state index contributed by atoms with van der Waals surface area (Å²) >= 11 is 12.9. The molecule has 8 heteroatoms. The van der Waals surface area contributed by atoms with E-state index < -0.39 is 5.91 Å². The number of halogens is 2. The van der Waals surface area contributed by atoms with E-state index in [1.165, 1.54) is 12.1 Å². The molecular formula is C28H18Cl2N4O2. The smallest absolute Gasteiger partial charge is 0.257 e. The van der Waals surface area contributed by atoms with Crippen LogP contribution < -0.4 is 10.6 Å². The zero-order valence-electron chi connectivity index (χ0n) is 18.7. The van der Waals surface area contributed by atoms with E-state index in [0.717, 1.165) is 16.5 Å². The predicted molar refractivity (Wildman–Crippen MR) is 144 cm³/mol. The molecule has 3 aromatic carbocycles. The SMILES string of the molecule is O=C(Nc1ccncc1)c1ccc(C(=O)Nc2ccc(Cl)c(-c3nccc4ccccc34)c2)c(Cl)c1. The summed E-state index contributed by atoms with van der Waals surface area (Å²) in [6.07, 6.45) is 4.88. The lowest BCUT2D eigenvalue weighted by Crippen LogP contribution is -2.15. The molecule has 0 aliphatic rings. The number of hydrogen-bond donors (Lipinski definition) is 2.